The van der Waals surface area contributed by atoms with Crippen LogP contribution in [0.25, 0.3) is 0 Å². The van der Waals surface area contributed by atoms with Crippen LogP contribution in [0.15, 0.2) is 23.8 Å². The quantitative estimate of drug-likeness (QED) is 0.440. The Kier molecular flexibility index (Phi) is 5.04. The maximum atomic E-state index is 11.6. The standard InChI is InChI=1S/C15H24O3Si/c1-15(2,3)19(4,5)18-10-6-7-12-11-13(16)8-9-14(12)17/h8-9,11H,6-7,10H2,1-5H3. The third-order valence-corrected chi connectivity index (χ3v) is 8.43. The van der Waals surface area contributed by atoms with Crippen LogP contribution < -0.4 is 0 Å². The molecule has 0 aromatic heterocycles. The van der Waals surface area contributed by atoms with Crippen LogP contribution in [0.2, 0.25) is 18.1 Å². The molecule has 0 aromatic rings. The van der Waals surface area contributed by atoms with Crippen LogP contribution in [-0.2, 0) is 14.0 Å². The minimum atomic E-state index is -1.71. The Morgan fingerprint density at radius 3 is 2.37 bits per heavy atom. The largest absolute Gasteiger partial charge is 0.417 e. The van der Waals surface area contributed by atoms with Crippen molar-refractivity contribution in [2.24, 2.45) is 0 Å². The molecule has 0 spiro atoms. The molecule has 0 heterocycles. The van der Waals surface area contributed by atoms with Crippen molar-refractivity contribution in [3.8, 4) is 0 Å². The normalized spacial score (nSPS) is 16.8. The molecule has 0 atom stereocenters. The average molecular weight is 280 g/mol. The highest BCUT2D eigenvalue weighted by Gasteiger charge is 2.36. The number of allylic oxidation sites excluding steroid dienone is 4. The fraction of sp³-hybridized carbons (Fsp3) is 0.600. The Labute approximate surface area is 116 Å². The molecule has 0 aliphatic heterocycles. The van der Waals surface area contributed by atoms with Crippen molar-refractivity contribution in [3.05, 3.63) is 23.8 Å². The van der Waals surface area contributed by atoms with Gasteiger partial charge in [-0.15, -0.1) is 0 Å². The summed E-state index contributed by atoms with van der Waals surface area (Å²) in [5.74, 6) is -0.146. The molecule has 0 saturated heterocycles. The fourth-order valence-corrected chi connectivity index (χ4v) is 2.65. The van der Waals surface area contributed by atoms with E-state index in [-0.39, 0.29) is 16.6 Å². The van der Waals surface area contributed by atoms with Gasteiger partial charge in [0.25, 0.3) is 0 Å². The number of ketones is 2. The maximum absolute atomic E-state index is 11.6. The lowest BCUT2D eigenvalue weighted by molar-refractivity contribution is -0.114. The van der Waals surface area contributed by atoms with Gasteiger partial charge in [0.1, 0.15) is 0 Å². The predicted molar refractivity (Wildman–Crippen MR) is 79.6 cm³/mol. The molecular formula is C15H24O3Si. The summed E-state index contributed by atoms with van der Waals surface area (Å²) in [4.78, 5) is 22.8. The fourth-order valence-electron chi connectivity index (χ4n) is 1.56. The summed E-state index contributed by atoms with van der Waals surface area (Å²) in [6.07, 6.45) is 5.51. The molecule has 0 N–H and O–H groups in total. The Bertz CT molecular complexity index is 425. The summed E-state index contributed by atoms with van der Waals surface area (Å²) in [6.45, 7) is 11.7. The van der Waals surface area contributed by atoms with Crippen LogP contribution in [0.3, 0.4) is 0 Å². The van der Waals surface area contributed by atoms with Gasteiger partial charge in [0.2, 0.25) is 0 Å². The number of rotatable bonds is 5. The molecule has 0 bridgehead atoms. The zero-order valence-electron chi connectivity index (χ0n) is 12.6. The maximum Gasteiger partial charge on any atom is 0.191 e. The van der Waals surface area contributed by atoms with Crippen LogP contribution in [-0.4, -0.2) is 26.5 Å². The van der Waals surface area contributed by atoms with E-state index in [9.17, 15) is 9.59 Å². The number of carbonyl (C=O) groups excluding carboxylic acids is 2. The second-order valence-electron chi connectivity index (χ2n) is 6.48. The van der Waals surface area contributed by atoms with E-state index in [1.807, 2.05) is 0 Å². The van der Waals surface area contributed by atoms with Gasteiger partial charge in [0.05, 0.1) is 0 Å². The molecule has 3 nitrogen and oxygen atoms in total. The molecule has 106 valence electrons. The molecule has 19 heavy (non-hydrogen) atoms. The minimum absolute atomic E-state index is 0.0491. The highest BCUT2D eigenvalue weighted by molar-refractivity contribution is 6.74. The molecule has 1 aliphatic carbocycles. The lowest BCUT2D eigenvalue weighted by atomic mass is 10.00. The van der Waals surface area contributed by atoms with Crippen molar-refractivity contribution in [1.29, 1.82) is 0 Å². The van der Waals surface area contributed by atoms with Crippen LogP contribution in [0, 0.1) is 0 Å². The van der Waals surface area contributed by atoms with E-state index in [1.54, 1.807) is 0 Å². The van der Waals surface area contributed by atoms with Crippen molar-refractivity contribution >= 4 is 19.9 Å². The zero-order valence-corrected chi connectivity index (χ0v) is 13.6. The summed E-state index contributed by atoms with van der Waals surface area (Å²) in [5, 5.41) is 0.200. The molecule has 0 fully saturated rings. The number of hydrogen-bond donors (Lipinski definition) is 0. The van der Waals surface area contributed by atoms with Gasteiger partial charge in [-0.05, 0) is 49.2 Å². The molecule has 0 saturated carbocycles. The summed E-state index contributed by atoms with van der Waals surface area (Å²) in [5.41, 5.74) is 0.603. The first kappa shape index (κ1) is 16.1. The van der Waals surface area contributed by atoms with Crippen molar-refractivity contribution in [2.45, 2.75) is 51.7 Å². The average Bonchev–Trinajstić information content (AvgIpc) is 2.27. The highest BCUT2D eigenvalue weighted by Crippen LogP contribution is 2.36. The van der Waals surface area contributed by atoms with E-state index in [0.29, 0.717) is 18.6 Å². The zero-order chi connectivity index (χ0) is 14.7. The SMILES string of the molecule is CC(C)(C)[Si](C)(C)OCCCC1=CC(=O)C=CC1=O. The smallest absolute Gasteiger partial charge is 0.191 e. The van der Waals surface area contributed by atoms with Crippen molar-refractivity contribution in [1.82, 2.24) is 0 Å². The van der Waals surface area contributed by atoms with Gasteiger partial charge >= 0.3 is 0 Å². The minimum Gasteiger partial charge on any atom is -0.417 e. The molecule has 1 rings (SSSR count). The van der Waals surface area contributed by atoms with E-state index in [0.717, 1.165) is 6.42 Å². The second kappa shape index (κ2) is 5.97. The lowest BCUT2D eigenvalue weighted by Gasteiger charge is -2.36. The van der Waals surface area contributed by atoms with Crippen LogP contribution in [0.4, 0.5) is 0 Å². The van der Waals surface area contributed by atoms with Crippen molar-refractivity contribution < 1.29 is 14.0 Å². The number of carbonyl (C=O) groups is 2. The van der Waals surface area contributed by atoms with Gasteiger partial charge in [-0.1, -0.05) is 20.8 Å². The Hall–Kier alpha value is -1.00. The third-order valence-electron chi connectivity index (χ3n) is 3.89. The summed E-state index contributed by atoms with van der Waals surface area (Å²) in [7, 11) is -1.71. The van der Waals surface area contributed by atoms with E-state index in [2.05, 4.69) is 33.9 Å². The van der Waals surface area contributed by atoms with Gasteiger partial charge in [0, 0.05) is 12.2 Å². The molecule has 0 aromatic carbocycles. The predicted octanol–water partition coefficient (Wildman–Crippen LogP) is 3.42. The van der Waals surface area contributed by atoms with E-state index in [4.69, 9.17) is 4.43 Å². The monoisotopic (exact) mass is 280 g/mol. The summed E-state index contributed by atoms with van der Waals surface area (Å²) < 4.78 is 6.04. The molecule has 1 aliphatic rings. The second-order valence-corrected chi connectivity index (χ2v) is 11.3. The van der Waals surface area contributed by atoms with Gasteiger partial charge in [-0.2, -0.15) is 0 Å². The Balaban J connectivity index is 2.40. The van der Waals surface area contributed by atoms with Crippen LogP contribution in [0.5, 0.6) is 0 Å². The highest BCUT2D eigenvalue weighted by atomic mass is 28.4. The van der Waals surface area contributed by atoms with Gasteiger partial charge in [-0.25, -0.2) is 0 Å². The third kappa shape index (κ3) is 4.55. The molecule has 0 unspecified atom stereocenters. The van der Waals surface area contributed by atoms with E-state index >= 15 is 0 Å². The molecular weight excluding hydrogens is 256 g/mol. The molecule has 4 heteroatoms. The van der Waals surface area contributed by atoms with Crippen LogP contribution >= 0.6 is 0 Å². The number of hydrogen-bond acceptors (Lipinski definition) is 3. The van der Waals surface area contributed by atoms with Crippen LogP contribution in [0.1, 0.15) is 33.6 Å². The van der Waals surface area contributed by atoms with Crippen molar-refractivity contribution in [2.75, 3.05) is 6.61 Å². The summed E-state index contributed by atoms with van der Waals surface area (Å²) >= 11 is 0. The van der Waals surface area contributed by atoms with Gasteiger partial charge in [-0.3, -0.25) is 9.59 Å². The van der Waals surface area contributed by atoms with Gasteiger partial charge in [0.15, 0.2) is 19.9 Å². The topological polar surface area (TPSA) is 43.4 Å². The first-order valence-corrected chi connectivity index (χ1v) is 9.65. The van der Waals surface area contributed by atoms with E-state index in [1.165, 1.54) is 18.2 Å². The molecule has 0 radical (unpaired) electrons. The first-order chi connectivity index (χ1) is 8.63. The van der Waals surface area contributed by atoms with Crippen molar-refractivity contribution in [3.63, 3.8) is 0 Å². The van der Waals surface area contributed by atoms with Gasteiger partial charge < -0.3 is 4.43 Å². The Morgan fingerprint density at radius 1 is 1.16 bits per heavy atom. The van der Waals surface area contributed by atoms with E-state index < -0.39 is 8.32 Å². The first-order valence-electron chi connectivity index (χ1n) is 6.74. The lowest BCUT2D eigenvalue weighted by Crippen LogP contribution is -2.41. The summed E-state index contributed by atoms with van der Waals surface area (Å²) in [6, 6.07) is 0. The molecule has 0 amide bonds. The Morgan fingerprint density at radius 2 is 1.79 bits per heavy atom.